The van der Waals surface area contributed by atoms with Gasteiger partial charge in [0.25, 0.3) is 0 Å². The molecule has 0 bridgehead atoms. The Kier molecular flexibility index (Phi) is 21.7. The number of rotatable bonds is 17. The van der Waals surface area contributed by atoms with Crippen LogP contribution >= 0.6 is 0 Å². The van der Waals surface area contributed by atoms with Gasteiger partial charge in [-0.2, -0.15) is 0 Å². The quantitative estimate of drug-likeness (QED) is 0.230. The smallest absolute Gasteiger partial charge is 0.748 e. The largest absolute Gasteiger partial charge is 1.00 e. The van der Waals surface area contributed by atoms with E-state index < -0.39 is 15.4 Å². The van der Waals surface area contributed by atoms with Crippen LogP contribution in [0.5, 0.6) is 0 Å². The van der Waals surface area contributed by atoms with Gasteiger partial charge in [0.1, 0.15) is 0 Å². The summed E-state index contributed by atoms with van der Waals surface area (Å²) < 4.78 is 33.4. The molecule has 0 aromatic carbocycles. The van der Waals surface area contributed by atoms with E-state index in [4.69, 9.17) is 0 Å². The van der Waals surface area contributed by atoms with Crippen molar-refractivity contribution in [2.24, 2.45) is 0 Å². The summed E-state index contributed by atoms with van der Waals surface area (Å²) in [7, 11) is -4.12. The fraction of sp³-hybridized carbons (Fsp3) is 1.00. The van der Waals surface area contributed by atoms with Crippen LogP contribution in [0.3, 0.4) is 0 Å². The predicted octanol–water partition coefficient (Wildman–Crippen LogP) is 2.16. The van der Waals surface area contributed by atoms with Crippen LogP contribution in [-0.2, 0) is 10.1 Å². The van der Waals surface area contributed by atoms with Crippen LogP contribution in [0.25, 0.3) is 0 Å². The molecule has 0 aliphatic carbocycles. The summed E-state index contributed by atoms with van der Waals surface area (Å²) in [6.45, 7) is 4.09. The molecule has 4 nitrogen and oxygen atoms in total. The molecule has 0 fully saturated rings. The third-order valence-electron chi connectivity index (χ3n) is 4.72. The van der Waals surface area contributed by atoms with Crippen LogP contribution in [0.4, 0.5) is 0 Å². The van der Waals surface area contributed by atoms with E-state index in [1.54, 1.807) is 0 Å². The first kappa shape index (κ1) is 28.7. The molecule has 146 valence electrons. The van der Waals surface area contributed by atoms with E-state index in [2.05, 4.69) is 6.92 Å². The van der Waals surface area contributed by atoms with Crippen molar-refractivity contribution >= 4 is 10.1 Å². The van der Waals surface area contributed by atoms with Crippen molar-refractivity contribution in [2.75, 3.05) is 0 Å². The summed E-state index contributed by atoms with van der Waals surface area (Å²) in [5, 5.41) is 9.15. The molecule has 0 saturated carbocycles. The zero-order valence-electron chi connectivity index (χ0n) is 16.8. The van der Waals surface area contributed by atoms with Gasteiger partial charge in [-0.25, -0.2) is 8.42 Å². The molecule has 0 spiro atoms. The Labute approximate surface area is 199 Å². The Bertz CT molecular complexity index is 374. The molecular weight excluding hydrogens is 363 g/mol. The molecule has 0 amide bonds. The van der Waals surface area contributed by atoms with Gasteiger partial charge in [-0.1, -0.05) is 84.5 Å². The van der Waals surface area contributed by atoms with Gasteiger partial charge in [0.2, 0.25) is 0 Å². The number of aliphatic hydroxyl groups is 1. The molecule has 0 rings (SSSR count). The molecule has 0 radical (unpaired) electrons. The van der Waals surface area contributed by atoms with Crippen molar-refractivity contribution < 1.29 is 69.5 Å². The molecule has 0 heterocycles. The topological polar surface area (TPSA) is 77.4 Å². The van der Waals surface area contributed by atoms with E-state index in [0.29, 0.717) is 12.8 Å². The van der Waals surface area contributed by atoms with E-state index in [-0.39, 0.29) is 57.5 Å². The summed E-state index contributed by atoms with van der Waals surface area (Å²) in [6.07, 6.45) is 14.6. The SMILES string of the molecule is CCCCCC(O)CCCCCCCCCC(CCC)S(=O)(=O)[O-].[K+]. The Balaban J connectivity index is 0. The minimum Gasteiger partial charge on any atom is -0.748 e. The van der Waals surface area contributed by atoms with Crippen molar-refractivity contribution in [1.82, 2.24) is 0 Å². The second-order valence-corrected chi connectivity index (χ2v) is 8.76. The van der Waals surface area contributed by atoms with Crippen molar-refractivity contribution in [3.05, 3.63) is 0 Å². The van der Waals surface area contributed by atoms with Crippen LogP contribution in [0.15, 0.2) is 0 Å². The average molecular weight is 403 g/mol. The second-order valence-electron chi connectivity index (χ2n) is 7.11. The average Bonchev–Trinajstić information content (AvgIpc) is 2.51. The number of unbranched alkanes of at least 4 members (excludes halogenated alkanes) is 8. The maximum atomic E-state index is 11.1. The Morgan fingerprint density at radius 1 is 0.720 bits per heavy atom. The van der Waals surface area contributed by atoms with Crippen molar-refractivity contribution in [2.45, 2.75) is 122 Å². The van der Waals surface area contributed by atoms with Crippen molar-refractivity contribution in [3.8, 4) is 0 Å². The third kappa shape index (κ3) is 18.6. The first-order chi connectivity index (χ1) is 11.4. The zero-order valence-corrected chi connectivity index (χ0v) is 20.8. The maximum absolute atomic E-state index is 11.1. The van der Waals surface area contributed by atoms with E-state index in [1.165, 1.54) is 19.3 Å². The number of hydrogen-bond donors (Lipinski definition) is 1. The van der Waals surface area contributed by atoms with Gasteiger partial charge in [0.15, 0.2) is 0 Å². The minimum absolute atomic E-state index is 0. The normalized spacial score (nSPS) is 14.1. The molecular formula is C19H39KO4S. The molecule has 2 atom stereocenters. The van der Waals surface area contributed by atoms with Gasteiger partial charge < -0.3 is 9.66 Å². The molecule has 1 N–H and O–H groups in total. The standard InChI is InChI=1S/C19H40O4S.K/c1-3-5-11-15-18(20)16-12-9-7-6-8-10-13-17-19(14-4-2)24(21,22)23;/h18-20H,3-17H2,1-2H3,(H,21,22,23);/q;+1/p-1. The Morgan fingerprint density at radius 3 is 1.60 bits per heavy atom. The zero-order chi connectivity index (χ0) is 18.3. The van der Waals surface area contributed by atoms with Gasteiger partial charge in [-0.15, -0.1) is 0 Å². The Hall–Kier alpha value is 1.51. The summed E-state index contributed by atoms with van der Waals surface area (Å²) in [5.74, 6) is 0. The van der Waals surface area contributed by atoms with Crippen LogP contribution in [0, 0.1) is 0 Å². The van der Waals surface area contributed by atoms with Crippen LogP contribution in [0.2, 0.25) is 0 Å². The van der Waals surface area contributed by atoms with Gasteiger partial charge in [-0.05, 0) is 25.7 Å². The summed E-state index contributed by atoms with van der Waals surface area (Å²) in [4.78, 5) is 0. The third-order valence-corrected chi connectivity index (χ3v) is 6.01. The van der Waals surface area contributed by atoms with E-state index >= 15 is 0 Å². The summed E-state index contributed by atoms with van der Waals surface area (Å²) in [5.41, 5.74) is 0. The molecule has 0 aromatic rings. The fourth-order valence-electron chi connectivity index (χ4n) is 3.17. The Morgan fingerprint density at radius 2 is 1.16 bits per heavy atom. The van der Waals surface area contributed by atoms with Gasteiger partial charge >= 0.3 is 51.4 Å². The molecule has 6 heteroatoms. The summed E-state index contributed by atoms with van der Waals surface area (Å²) in [6, 6.07) is 0. The van der Waals surface area contributed by atoms with E-state index in [1.807, 2.05) is 6.92 Å². The predicted molar refractivity (Wildman–Crippen MR) is 100 cm³/mol. The monoisotopic (exact) mass is 402 g/mol. The maximum Gasteiger partial charge on any atom is 1.00 e. The number of hydrogen-bond acceptors (Lipinski definition) is 4. The molecule has 0 saturated heterocycles. The van der Waals surface area contributed by atoms with E-state index in [9.17, 15) is 18.1 Å². The van der Waals surface area contributed by atoms with Crippen molar-refractivity contribution in [1.29, 1.82) is 0 Å². The van der Waals surface area contributed by atoms with Gasteiger partial charge in [-0.3, -0.25) is 0 Å². The van der Waals surface area contributed by atoms with Gasteiger partial charge in [0.05, 0.1) is 16.2 Å². The molecule has 0 aromatic heterocycles. The van der Waals surface area contributed by atoms with E-state index in [0.717, 1.165) is 64.2 Å². The summed E-state index contributed by atoms with van der Waals surface area (Å²) >= 11 is 0. The molecule has 0 aliphatic rings. The second kappa shape index (κ2) is 18.9. The fourth-order valence-corrected chi connectivity index (χ4v) is 4.14. The number of aliphatic hydroxyl groups excluding tert-OH is 1. The van der Waals surface area contributed by atoms with Gasteiger partial charge in [0, 0.05) is 5.25 Å². The first-order valence-corrected chi connectivity index (χ1v) is 11.5. The van der Waals surface area contributed by atoms with Crippen LogP contribution < -0.4 is 51.4 Å². The van der Waals surface area contributed by atoms with Crippen molar-refractivity contribution in [3.63, 3.8) is 0 Å². The minimum atomic E-state index is -4.12. The van der Waals surface area contributed by atoms with Crippen LogP contribution in [-0.4, -0.2) is 29.4 Å². The molecule has 25 heavy (non-hydrogen) atoms. The van der Waals surface area contributed by atoms with Crippen LogP contribution in [0.1, 0.15) is 110 Å². The molecule has 2 unspecified atom stereocenters. The first-order valence-electron chi connectivity index (χ1n) is 10.0. The molecule has 0 aliphatic heterocycles.